The Balaban J connectivity index is 1.57. The molecule has 1 heterocycles. The number of halogens is 1. The van der Waals surface area contributed by atoms with Gasteiger partial charge in [0, 0.05) is 16.0 Å². The molecule has 0 aliphatic carbocycles. The van der Waals surface area contributed by atoms with Crippen LogP contribution in [0.15, 0.2) is 83.0 Å². The summed E-state index contributed by atoms with van der Waals surface area (Å²) >= 11 is 6.16. The molecule has 144 valence electrons. The predicted molar refractivity (Wildman–Crippen MR) is 111 cm³/mol. The van der Waals surface area contributed by atoms with Gasteiger partial charge in [-0.05, 0) is 24.3 Å². The fourth-order valence-electron chi connectivity index (χ4n) is 2.90. The van der Waals surface area contributed by atoms with Crippen LogP contribution < -0.4 is 4.74 Å². The Morgan fingerprint density at radius 3 is 2.59 bits per heavy atom. The van der Waals surface area contributed by atoms with Gasteiger partial charge in [0.25, 0.3) is 5.91 Å². The third kappa shape index (κ3) is 3.97. The second-order valence-corrected chi connectivity index (χ2v) is 6.66. The molecule has 0 saturated carbocycles. The molecular formula is C22H16ClN3O3. The van der Waals surface area contributed by atoms with Crippen molar-refractivity contribution in [1.82, 2.24) is 4.98 Å². The molecule has 29 heavy (non-hydrogen) atoms. The van der Waals surface area contributed by atoms with Gasteiger partial charge < -0.3 is 14.8 Å². The summed E-state index contributed by atoms with van der Waals surface area (Å²) in [6, 6.07) is 21.3. The number of carbonyl (C=O) groups is 1. The minimum absolute atomic E-state index is 0.147. The molecule has 0 aliphatic rings. The van der Waals surface area contributed by atoms with E-state index in [1.54, 1.807) is 42.5 Å². The Morgan fingerprint density at radius 2 is 1.72 bits per heavy atom. The Labute approximate surface area is 171 Å². The van der Waals surface area contributed by atoms with Gasteiger partial charge >= 0.3 is 0 Å². The lowest BCUT2D eigenvalue weighted by Crippen LogP contribution is -2.02. The summed E-state index contributed by atoms with van der Waals surface area (Å²) in [7, 11) is 0. The Hall–Kier alpha value is -3.64. The highest BCUT2D eigenvalue weighted by molar-refractivity contribution is 6.31. The minimum atomic E-state index is -0.579. The number of aromatic nitrogens is 1. The summed E-state index contributed by atoms with van der Waals surface area (Å²) < 4.78 is 5.79. The molecule has 0 atom stereocenters. The summed E-state index contributed by atoms with van der Waals surface area (Å²) in [5.41, 5.74) is 1.99. The maximum atomic E-state index is 12.6. The van der Waals surface area contributed by atoms with Gasteiger partial charge in [0.15, 0.2) is 5.69 Å². The van der Waals surface area contributed by atoms with Crippen molar-refractivity contribution in [3.63, 3.8) is 0 Å². The van der Waals surface area contributed by atoms with E-state index in [1.807, 2.05) is 30.3 Å². The lowest BCUT2D eigenvalue weighted by Gasteiger charge is -2.10. The fourth-order valence-corrected chi connectivity index (χ4v) is 3.09. The zero-order chi connectivity index (χ0) is 20.2. The van der Waals surface area contributed by atoms with Gasteiger partial charge in [-0.15, -0.1) is 10.2 Å². The van der Waals surface area contributed by atoms with E-state index >= 15 is 0 Å². The second kappa shape index (κ2) is 8.16. The summed E-state index contributed by atoms with van der Waals surface area (Å²) in [5, 5.41) is 19.1. The number of para-hydroxylation sites is 2. The maximum Gasteiger partial charge on any atom is 0.299 e. The van der Waals surface area contributed by atoms with E-state index < -0.39 is 5.91 Å². The number of nitrogens with zero attached hydrogens (tertiary/aromatic N) is 2. The van der Waals surface area contributed by atoms with Gasteiger partial charge in [0.2, 0.25) is 5.88 Å². The van der Waals surface area contributed by atoms with Crippen molar-refractivity contribution in [2.45, 2.75) is 6.61 Å². The molecule has 0 radical (unpaired) electrons. The molecule has 1 amide bonds. The third-order valence-electron chi connectivity index (χ3n) is 4.36. The van der Waals surface area contributed by atoms with Crippen LogP contribution in [0, 0.1) is 0 Å². The summed E-state index contributed by atoms with van der Waals surface area (Å²) in [5.74, 6) is -0.352. The first-order valence-electron chi connectivity index (χ1n) is 8.84. The molecule has 3 aromatic carbocycles. The molecule has 1 aromatic heterocycles. The first-order chi connectivity index (χ1) is 14.1. The highest BCUT2D eigenvalue weighted by atomic mass is 35.5. The standard InChI is InChI=1S/C22H16ClN3O3/c23-17-10-4-1-7-14(17)13-29-19-12-6-3-9-16(19)21(27)26-25-20-15-8-2-5-11-18(15)24-22(20)28/h1-12,24,28H,13H2. The molecule has 0 fully saturated rings. The van der Waals surface area contributed by atoms with E-state index in [4.69, 9.17) is 16.3 Å². The first kappa shape index (κ1) is 18.7. The third-order valence-corrected chi connectivity index (χ3v) is 4.73. The van der Waals surface area contributed by atoms with E-state index in [0.717, 1.165) is 5.56 Å². The molecule has 0 unspecified atom stereocenters. The number of azo groups is 1. The topological polar surface area (TPSA) is 87.0 Å². The van der Waals surface area contributed by atoms with Gasteiger partial charge in [-0.1, -0.05) is 60.1 Å². The number of aromatic hydroxyl groups is 1. The number of fused-ring (bicyclic) bond motifs is 1. The summed E-state index contributed by atoms with van der Waals surface area (Å²) in [6.45, 7) is 0.213. The Bertz CT molecular complexity index is 1220. The predicted octanol–water partition coefficient (Wildman–Crippen LogP) is 6.03. The SMILES string of the molecule is O=C(N=Nc1c(O)[nH]c2ccccc12)c1ccccc1OCc1ccccc1Cl. The molecule has 0 spiro atoms. The Kier molecular flexibility index (Phi) is 5.27. The molecule has 2 N–H and O–H groups in total. The van der Waals surface area contributed by atoms with Gasteiger partial charge in [0.05, 0.1) is 11.1 Å². The van der Waals surface area contributed by atoms with Crippen LogP contribution >= 0.6 is 11.6 Å². The van der Waals surface area contributed by atoms with E-state index in [2.05, 4.69) is 15.2 Å². The van der Waals surface area contributed by atoms with Crippen LogP contribution in [0.4, 0.5) is 5.69 Å². The lowest BCUT2D eigenvalue weighted by molar-refractivity contribution is 0.0990. The lowest BCUT2D eigenvalue weighted by atomic mass is 10.2. The van der Waals surface area contributed by atoms with Crippen LogP contribution in [-0.4, -0.2) is 16.0 Å². The monoisotopic (exact) mass is 405 g/mol. The Morgan fingerprint density at radius 1 is 1.00 bits per heavy atom. The van der Waals surface area contributed by atoms with Gasteiger partial charge in [-0.25, -0.2) is 0 Å². The first-order valence-corrected chi connectivity index (χ1v) is 9.22. The average Bonchev–Trinajstić information content (AvgIpc) is 3.06. The normalized spacial score (nSPS) is 11.2. The fraction of sp³-hybridized carbons (Fsp3) is 0.0455. The number of nitrogens with one attached hydrogen (secondary N) is 1. The minimum Gasteiger partial charge on any atom is -0.493 e. The molecule has 4 rings (SSSR count). The number of benzene rings is 3. The molecule has 0 saturated heterocycles. The van der Waals surface area contributed by atoms with Crippen LogP contribution in [-0.2, 0) is 6.61 Å². The molecular weight excluding hydrogens is 390 g/mol. The number of amides is 1. The van der Waals surface area contributed by atoms with E-state index in [-0.39, 0.29) is 23.7 Å². The maximum absolute atomic E-state index is 12.6. The van der Waals surface area contributed by atoms with E-state index in [0.29, 0.717) is 21.7 Å². The number of hydrogen-bond donors (Lipinski definition) is 2. The molecule has 6 nitrogen and oxygen atoms in total. The van der Waals surface area contributed by atoms with Crippen molar-refractivity contribution < 1.29 is 14.6 Å². The average molecular weight is 406 g/mol. The van der Waals surface area contributed by atoms with E-state index in [9.17, 15) is 9.90 Å². The van der Waals surface area contributed by atoms with Crippen LogP contribution in [0.5, 0.6) is 11.6 Å². The largest absolute Gasteiger partial charge is 0.493 e. The van der Waals surface area contributed by atoms with Crippen LogP contribution in [0.2, 0.25) is 5.02 Å². The van der Waals surface area contributed by atoms with Crippen LogP contribution in [0.3, 0.4) is 0 Å². The van der Waals surface area contributed by atoms with Crippen molar-refractivity contribution in [1.29, 1.82) is 0 Å². The zero-order valence-corrected chi connectivity index (χ0v) is 15.9. The van der Waals surface area contributed by atoms with Gasteiger partial charge in [-0.3, -0.25) is 4.79 Å². The quantitative estimate of drug-likeness (QED) is 0.397. The molecule has 0 aliphatic heterocycles. The van der Waals surface area contributed by atoms with E-state index in [1.165, 1.54) is 0 Å². The van der Waals surface area contributed by atoms with Crippen LogP contribution in [0.1, 0.15) is 15.9 Å². The highest BCUT2D eigenvalue weighted by Crippen LogP contribution is 2.35. The highest BCUT2D eigenvalue weighted by Gasteiger charge is 2.14. The molecule has 4 aromatic rings. The van der Waals surface area contributed by atoms with Crippen LogP contribution in [0.25, 0.3) is 10.9 Å². The number of hydrogen-bond acceptors (Lipinski definition) is 4. The summed E-state index contributed by atoms with van der Waals surface area (Å²) in [4.78, 5) is 15.4. The van der Waals surface area contributed by atoms with Crippen molar-refractivity contribution in [3.8, 4) is 11.6 Å². The smallest absolute Gasteiger partial charge is 0.299 e. The number of rotatable bonds is 5. The number of aromatic amines is 1. The molecule has 7 heteroatoms. The van der Waals surface area contributed by atoms with Crippen molar-refractivity contribution >= 4 is 34.1 Å². The zero-order valence-electron chi connectivity index (χ0n) is 15.2. The summed E-state index contributed by atoms with van der Waals surface area (Å²) in [6.07, 6.45) is 0. The number of ether oxygens (including phenoxy) is 1. The second-order valence-electron chi connectivity index (χ2n) is 6.25. The van der Waals surface area contributed by atoms with Gasteiger partial charge in [0.1, 0.15) is 12.4 Å². The van der Waals surface area contributed by atoms with Gasteiger partial charge in [-0.2, -0.15) is 0 Å². The molecule has 0 bridgehead atoms. The number of carbonyl (C=O) groups excluding carboxylic acids is 1. The van der Waals surface area contributed by atoms with Crippen molar-refractivity contribution in [3.05, 3.63) is 88.9 Å². The number of H-pyrrole nitrogens is 1. The van der Waals surface area contributed by atoms with Crippen molar-refractivity contribution in [2.75, 3.05) is 0 Å². The van der Waals surface area contributed by atoms with Crippen molar-refractivity contribution in [2.24, 2.45) is 10.2 Å².